The molecule has 0 aliphatic carbocycles. The van der Waals surface area contributed by atoms with E-state index in [-0.39, 0.29) is 75.4 Å². The third-order valence-electron chi connectivity index (χ3n) is 0. The van der Waals surface area contributed by atoms with Crippen LogP contribution in [0, 0.1) is 0 Å². The van der Waals surface area contributed by atoms with Crippen molar-refractivity contribution in [1.29, 1.82) is 0 Å². The van der Waals surface area contributed by atoms with Crippen LogP contribution in [0.3, 0.4) is 0 Å². The zero-order valence-electron chi connectivity index (χ0n) is 3.39. The molecule has 0 amide bonds. The van der Waals surface area contributed by atoms with Gasteiger partial charge in [0.25, 0.3) is 0 Å². The van der Waals surface area contributed by atoms with Gasteiger partial charge < -0.3 is 0 Å². The van der Waals surface area contributed by atoms with Crippen LogP contribution in [-0.4, -0.2) is 65.7 Å². The first kappa shape index (κ1) is 35.4. The van der Waals surface area contributed by atoms with Crippen molar-refractivity contribution < 1.29 is 34.1 Å². The van der Waals surface area contributed by atoms with E-state index in [2.05, 4.69) is 0 Å². The molecule has 0 aromatic heterocycles. The minimum absolute atomic E-state index is 0. The molecule has 0 N–H and O–H groups in total. The molecule has 0 saturated heterocycles. The number of hydrogen-bond acceptors (Lipinski definition) is 0. The molecule has 6 heavy (non-hydrogen) atoms. The van der Waals surface area contributed by atoms with E-state index in [1.165, 1.54) is 24.4 Å². The van der Waals surface area contributed by atoms with Gasteiger partial charge in [0.2, 0.25) is 0 Å². The molecule has 0 fully saturated rings. The molecule has 4 radical (unpaired) electrons. The molecule has 0 aromatic rings. The van der Waals surface area contributed by atoms with Gasteiger partial charge in [-0.3, -0.25) is 0 Å². The molecule has 0 saturated carbocycles. The monoisotopic (exact) mass is 330 g/mol. The van der Waals surface area contributed by atoms with Crippen LogP contribution in [0.15, 0.2) is 0 Å². The molecular formula is H10Al2CuMnSiSn. The summed E-state index contributed by atoms with van der Waals surface area (Å²) in [5.41, 5.74) is 0. The number of rotatable bonds is 0. The van der Waals surface area contributed by atoms with Gasteiger partial charge in [0.1, 0.15) is 0 Å². The van der Waals surface area contributed by atoms with Crippen LogP contribution in [0.25, 0.3) is 0 Å². The zero-order valence-corrected chi connectivity index (χ0v) is 13.5. The average molecular weight is 329 g/mol. The van der Waals surface area contributed by atoms with Crippen LogP contribution in [0.4, 0.5) is 0 Å². The average Bonchev–Trinajstić information content (AvgIpc) is 1.00. The molecule has 0 heterocycles. The van der Waals surface area contributed by atoms with Gasteiger partial charge in [-0.1, -0.05) is 8.80 Å². The van der Waals surface area contributed by atoms with E-state index in [1.54, 1.807) is 0 Å². The van der Waals surface area contributed by atoms with E-state index in [0.29, 0.717) is 0 Å². The predicted octanol–water partition coefficient (Wildman–Crippen LogP) is -4.21. The van der Waals surface area contributed by atoms with E-state index in [0.717, 1.165) is 0 Å². The van der Waals surface area contributed by atoms with Gasteiger partial charge in [0.05, 0.1) is 0 Å². The molecule has 0 rings (SSSR count). The molecular weight excluding hydrogens is 319 g/mol. The fourth-order valence-corrected chi connectivity index (χ4v) is 0. The van der Waals surface area contributed by atoms with E-state index in [1.807, 2.05) is 0 Å². The van der Waals surface area contributed by atoms with Crippen LogP contribution in [0.1, 0.15) is 0 Å². The van der Waals surface area contributed by atoms with Gasteiger partial charge in [-0.15, -0.1) is 0 Å². The van der Waals surface area contributed by atoms with Crippen molar-refractivity contribution in [1.82, 2.24) is 0 Å². The molecule has 6 heteroatoms. The normalized spacial score (nSPS) is 1.33. The van der Waals surface area contributed by atoms with Crippen molar-refractivity contribution in [2.75, 3.05) is 0 Å². The summed E-state index contributed by atoms with van der Waals surface area (Å²) in [5.74, 6) is 0. The minimum atomic E-state index is 0. The standard InChI is InChI=1S/2Al.Cu.Mn.H3Si.Sn.7H/h;;;;1H3;;;;;;;;. The molecule has 0 spiro atoms. The summed E-state index contributed by atoms with van der Waals surface area (Å²) in [4.78, 5) is 0. The second-order valence-corrected chi connectivity index (χ2v) is 0. The summed E-state index contributed by atoms with van der Waals surface area (Å²) in [6, 6.07) is 0. The Balaban J connectivity index is -0.000000000833. The third-order valence-corrected chi connectivity index (χ3v) is 0. The quantitative estimate of drug-likeness (QED) is 0.396. The van der Waals surface area contributed by atoms with Crippen molar-refractivity contribution in [3.8, 4) is 0 Å². The summed E-state index contributed by atoms with van der Waals surface area (Å²) >= 11 is 1.44. The Kier molecular flexibility index (Phi) is 250. The van der Waals surface area contributed by atoms with Crippen LogP contribution in [0.5, 0.6) is 0 Å². The van der Waals surface area contributed by atoms with Gasteiger partial charge in [0, 0.05) is 34.1 Å². The van der Waals surface area contributed by atoms with Crippen LogP contribution >= 0.6 is 0 Å². The van der Waals surface area contributed by atoms with Crippen LogP contribution in [0.2, 0.25) is 0 Å². The van der Waals surface area contributed by atoms with Crippen molar-refractivity contribution in [2.24, 2.45) is 0 Å². The van der Waals surface area contributed by atoms with E-state index in [9.17, 15) is 0 Å². The summed E-state index contributed by atoms with van der Waals surface area (Å²) in [6.45, 7) is 0. The second-order valence-electron chi connectivity index (χ2n) is 0. The predicted molar refractivity (Wildman–Crippen MR) is 37.0 cm³/mol. The first-order chi connectivity index (χ1) is 1.00. The molecule has 0 aliphatic rings. The summed E-state index contributed by atoms with van der Waals surface area (Å²) in [7, 11) is 1.44. The van der Waals surface area contributed by atoms with E-state index in [4.69, 9.17) is 0 Å². The maximum absolute atomic E-state index is 1.44. The first-order valence-corrected chi connectivity index (χ1v) is 9.00. The Labute approximate surface area is 98.3 Å². The van der Waals surface area contributed by atoms with Crippen LogP contribution < -0.4 is 0 Å². The Bertz CT molecular complexity index is 13.5. The van der Waals surface area contributed by atoms with Crippen molar-refractivity contribution in [2.45, 2.75) is 0 Å². The maximum atomic E-state index is 1.44. The van der Waals surface area contributed by atoms with Crippen LogP contribution in [-0.2, 0) is 34.1 Å². The van der Waals surface area contributed by atoms with Gasteiger partial charge >= 0.3 is 23.9 Å². The van der Waals surface area contributed by atoms with Gasteiger partial charge in [0.15, 0.2) is 33.0 Å². The van der Waals surface area contributed by atoms with E-state index >= 15 is 0 Å². The van der Waals surface area contributed by atoms with Gasteiger partial charge in [-0.2, -0.15) is 0 Å². The molecule has 0 aromatic carbocycles. The molecule has 0 aliphatic heterocycles. The van der Waals surface area contributed by atoms with Crippen molar-refractivity contribution in [3.63, 3.8) is 0 Å². The van der Waals surface area contributed by atoms with Crippen molar-refractivity contribution in [3.05, 3.63) is 0 Å². The molecule has 0 nitrogen and oxygen atoms in total. The zero-order chi connectivity index (χ0) is 2.00. The van der Waals surface area contributed by atoms with Gasteiger partial charge in [-0.25, -0.2) is 0 Å². The summed E-state index contributed by atoms with van der Waals surface area (Å²) in [5, 5.41) is 0. The van der Waals surface area contributed by atoms with Crippen molar-refractivity contribution >= 4 is 65.7 Å². The fraction of sp³-hybridized carbons (Fsp3) is 0. The summed E-state index contributed by atoms with van der Waals surface area (Å²) < 4.78 is 0. The topological polar surface area (TPSA) is 0 Å². The Morgan fingerprint density at radius 2 is 1.17 bits per heavy atom. The molecule has 0 bridgehead atoms. The van der Waals surface area contributed by atoms with Gasteiger partial charge in [-0.05, 0) is 0 Å². The molecule has 0 unspecified atom stereocenters. The Hall–Kier alpha value is 3.12. The number of hydrogen-bond donors (Lipinski definition) is 0. The molecule has 0 atom stereocenters. The first-order valence-electron chi connectivity index (χ1n) is 1.00. The SMILES string of the molecule is [AlH2][SiH3].[AlH3].[Cu].[Mn].[SnH2]. The Morgan fingerprint density at radius 1 is 1.17 bits per heavy atom. The summed E-state index contributed by atoms with van der Waals surface area (Å²) in [6.07, 6.45) is 0. The fourth-order valence-electron chi connectivity index (χ4n) is 0. The van der Waals surface area contributed by atoms with E-state index < -0.39 is 0 Å². The molecule has 42 valence electrons. The second kappa shape index (κ2) is 42.3. The third kappa shape index (κ3) is 27.4. The Morgan fingerprint density at radius 3 is 1.17 bits per heavy atom.